The highest BCUT2D eigenvalue weighted by molar-refractivity contribution is 6.30. The van der Waals surface area contributed by atoms with Crippen molar-refractivity contribution in [1.29, 1.82) is 0 Å². The van der Waals surface area contributed by atoms with Gasteiger partial charge in [-0.25, -0.2) is 0 Å². The molecule has 0 N–H and O–H groups in total. The van der Waals surface area contributed by atoms with E-state index < -0.39 is 0 Å². The molecule has 0 atom stereocenters. The fraction of sp³-hybridized carbons (Fsp3) is 0.611. The SMILES string of the molecule is CN(CCOc1cccc(Cl)c1)CC(=O)N1CCCCCCC1. The molecule has 0 radical (unpaired) electrons. The summed E-state index contributed by atoms with van der Waals surface area (Å²) in [6.07, 6.45) is 6.06. The molecule has 1 aromatic rings. The standard InChI is InChI=1S/C18H27ClN2O2/c1-20(12-13-23-17-9-7-8-16(19)14-17)15-18(22)21-10-5-3-2-4-6-11-21/h7-9,14H,2-6,10-13,15H2,1H3. The number of rotatable bonds is 6. The lowest BCUT2D eigenvalue weighted by molar-refractivity contribution is -0.132. The molecule has 1 amide bonds. The van der Waals surface area contributed by atoms with Gasteiger partial charge in [0.15, 0.2) is 0 Å². The van der Waals surface area contributed by atoms with Crippen LogP contribution in [0.3, 0.4) is 0 Å². The van der Waals surface area contributed by atoms with Gasteiger partial charge in [0.2, 0.25) is 5.91 Å². The van der Waals surface area contributed by atoms with Crippen LogP contribution < -0.4 is 4.74 Å². The second-order valence-electron chi connectivity index (χ2n) is 6.19. The van der Waals surface area contributed by atoms with E-state index in [9.17, 15) is 4.79 Å². The molecule has 0 aromatic heterocycles. The van der Waals surface area contributed by atoms with E-state index in [4.69, 9.17) is 16.3 Å². The zero-order chi connectivity index (χ0) is 16.5. The Labute approximate surface area is 144 Å². The third-order valence-corrected chi connectivity index (χ3v) is 4.39. The van der Waals surface area contributed by atoms with Crippen LogP contribution in [0.5, 0.6) is 5.75 Å². The van der Waals surface area contributed by atoms with Gasteiger partial charge in [-0.3, -0.25) is 9.69 Å². The molecule has 0 bridgehead atoms. The zero-order valence-electron chi connectivity index (χ0n) is 14.0. The van der Waals surface area contributed by atoms with E-state index >= 15 is 0 Å². The van der Waals surface area contributed by atoms with Gasteiger partial charge < -0.3 is 9.64 Å². The van der Waals surface area contributed by atoms with Gasteiger partial charge in [-0.05, 0) is 38.1 Å². The molecular weight excluding hydrogens is 312 g/mol. The van der Waals surface area contributed by atoms with Gasteiger partial charge in [0.25, 0.3) is 0 Å². The molecule has 1 aliphatic rings. The van der Waals surface area contributed by atoms with Crippen LogP contribution in [0.2, 0.25) is 5.02 Å². The highest BCUT2D eigenvalue weighted by atomic mass is 35.5. The van der Waals surface area contributed by atoms with Gasteiger partial charge in [0.05, 0.1) is 6.54 Å². The van der Waals surface area contributed by atoms with E-state index in [1.54, 1.807) is 6.07 Å². The van der Waals surface area contributed by atoms with E-state index in [1.165, 1.54) is 19.3 Å². The average Bonchev–Trinajstić information content (AvgIpc) is 2.46. The molecular formula is C18H27ClN2O2. The van der Waals surface area contributed by atoms with Crippen molar-refractivity contribution in [3.63, 3.8) is 0 Å². The van der Waals surface area contributed by atoms with E-state index in [0.717, 1.165) is 31.7 Å². The zero-order valence-corrected chi connectivity index (χ0v) is 14.7. The molecule has 1 aromatic carbocycles. The molecule has 1 heterocycles. The molecule has 1 fully saturated rings. The van der Waals surface area contributed by atoms with Crippen molar-refractivity contribution in [3.05, 3.63) is 29.3 Å². The van der Waals surface area contributed by atoms with Gasteiger partial charge in [-0.15, -0.1) is 0 Å². The maximum atomic E-state index is 12.4. The summed E-state index contributed by atoms with van der Waals surface area (Å²) < 4.78 is 5.67. The minimum absolute atomic E-state index is 0.233. The van der Waals surface area contributed by atoms with E-state index in [-0.39, 0.29) is 5.91 Å². The molecule has 2 rings (SSSR count). The van der Waals surface area contributed by atoms with Crippen LogP contribution in [0.1, 0.15) is 32.1 Å². The first-order valence-corrected chi connectivity index (χ1v) is 8.87. The topological polar surface area (TPSA) is 32.8 Å². The summed E-state index contributed by atoms with van der Waals surface area (Å²) in [5.41, 5.74) is 0. The Morgan fingerprint density at radius 1 is 1.22 bits per heavy atom. The second kappa shape index (κ2) is 9.78. The number of amides is 1. The van der Waals surface area contributed by atoms with Gasteiger partial charge in [-0.1, -0.05) is 36.9 Å². The average molecular weight is 339 g/mol. The third kappa shape index (κ3) is 6.80. The van der Waals surface area contributed by atoms with Gasteiger partial charge in [-0.2, -0.15) is 0 Å². The smallest absolute Gasteiger partial charge is 0.236 e. The molecule has 1 aliphatic heterocycles. The Bertz CT molecular complexity index is 488. The number of likely N-dealkylation sites (N-methyl/N-ethyl adjacent to an activating group) is 1. The van der Waals surface area contributed by atoms with Gasteiger partial charge >= 0.3 is 0 Å². The predicted molar refractivity (Wildman–Crippen MR) is 94.1 cm³/mol. The summed E-state index contributed by atoms with van der Waals surface area (Å²) in [5.74, 6) is 0.998. The van der Waals surface area contributed by atoms with Crippen LogP contribution in [-0.2, 0) is 4.79 Å². The highest BCUT2D eigenvalue weighted by Gasteiger charge is 2.16. The van der Waals surface area contributed by atoms with E-state index in [0.29, 0.717) is 24.7 Å². The maximum absolute atomic E-state index is 12.4. The lowest BCUT2D eigenvalue weighted by atomic mass is 10.1. The first kappa shape index (κ1) is 18.1. The van der Waals surface area contributed by atoms with Crippen LogP contribution in [0.15, 0.2) is 24.3 Å². The normalized spacial score (nSPS) is 16.0. The Morgan fingerprint density at radius 3 is 2.61 bits per heavy atom. The number of hydrogen-bond donors (Lipinski definition) is 0. The van der Waals surface area contributed by atoms with Crippen LogP contribution >= 0.6 is 11.6 Å². The van der Waals surface area contributed by atoms with Crippen molar-refractivity contribution in [2.75, 3.05) is 39.8 Å². The molecule has 1 saturated heterocycles. The fourth-order valence-electron chi connectivity index (χ4n) is 2.78. The maximum Gasteiger partial charge on any atom is 0.236 e. The quantitative estimate of drug-likeness (QED) is 0.796. The molecule has 128 valence electrons. The first-order valence-electron chi connectivity index (χ1n) is 8.50. The summed E-state index contributed by atoms with van der Waals surface area (Å²) in [6.45, 7) is 3.53. The van der Waals surface area contributed by atoms with Crippen molar-refractivity contribution in [1.82, 2.24) is 9.80 Å². The van der Waals surface area contributed by atoms with Crippen molar-refractivity contribution >= 4 is 17.5 Å². The fourth-order valence-corrected chi connectivity index (χ4v) is 2.96. The van der Waals surface area contributed by atoms with Crippen molar-refractivity contribution in [2.45, 2.75) is 32.1 Å². The van der Waals surface area contributed by atoms with Crippen LogP contribution in [0, 0.1) is 0 Å². The highest BCUT2D eigenvalue weighted by Crippen LogP contribution is 2.17. The second-order valence-corrected chi connectivity index (χ2v) is 6.63. The lowest BCUT2D eigenvalue weighted by Crippen LogP contribution is -2.41. The van der Waals surface area contributed by atoms with Crippen molar-refractivity contribution in [3.8, 4) is 5.75 Å². The predicted octanol–water partition coefficient (Wildman–Crippen LogP) is 3.44. The number of nitrogens with zero attached hydrogens (tertiary/aromatic N) is 2. The minimum atomic E-state index is 0.233. The van der Waals surface area contributed by atoms with Gasteiger partial charge in [0, 0.05) is 24.7 Å². The lowest BCUT2D eigenvalue weighted by Gasteiger charge is -2.27. The van der Waals surface area contributed by atoms with Crippen LogP contribution in [0.25, 0.3) is 0 Å². The number of halogens is 1. The van der Waals surface area contributed by atoms with Gasteiger partial charge in [0.1, 0.15) is 12.4 Å². The molecule has 23 heavy (non-hydrogen) atoms. The molecule has 0 unspecified atom stereocenters. The largest absolute Gasteiger partial charge is 0.492 e. The number of carbonyl (C=O) groups excluding carboxylic acids is 1. The summed E-state index contributed by atoms with van der Waals surface area (Å²) >= 11 is 5.93. The Morgan fingerprint density at radius 2 is 1.91 bits per heavy atom. The summed E-state index contributed by atoms with van der Waals surface area (Å²) in [6, 6.07) is 7.37. The molecule has 0 spiro atoms. The minimum Gasteiger partial charge on any atom is -0.492 e. The van der Waals surface area contributed by atoms with Crippen LogP contribution in [0.4, 0.5) is 0 Å². The first-order chi connectivity index (χ1) is 11.1. The molecule has 0 saturated carbocycles. The number of hydrogen-bond acceptors (Lipinski definition) is 3. The number of carbonyl (C=O) groups is 1. The Balaban J connectivity index is 1.68. The molecule has 4 nitrogen and oxygen atoms in total. The third-order valence-electron chi connectivity index (χ3n) is 4.15. The summed E-state index contributed by atoms with van der Waals surface area (Å²) in [5, 5.41) is 0.670. The number of benzene rings is 1. The van der Waals surface area contributed by atoms with E-state index in [2.05, 4.69) is 0 Å². The van der Waals surface area contributed by atoms with E-state index in [1.807, 2.05) is 35.0 Å². The number of likely N-dealkylation sites (tertiary alicyclic amines) is 1. The van der Waals surface area contributed by atoms with Crippen LogP contribution in [-0.4, -0.2) is 55.5 Å². The summed E-state index contributed by atoms with van der Waals surface area (Å²) in [7, 11) is 1.96. The summed E-state index contributed by atoms with van der Waals surface area (Å²) in [4.78, 5) is 16.4. The monoisotopic (exact) mass is 338 g/mol. The van der Waals surface area contributed by atoms with Crippen molar-refractivity contribution < 1.29 is 9.53 Å². The molecule has 0 aliphatic carbocycles. The van der Waals surface area contributed by atoms with Crippen molar-refractivity contribution in [2.24, 2.45) is 0 Å². The Kier molecular flexibility index (Phi) is 7.69. The molecule has 5 heteroatoms. The number of ether oxygens (including phenoxy) is 1. The Hall–Kier alpha value is -1.26.